The van der Waals surface area contributed by atoms with Crippen molar-refractivity contribution in [1.82, 2.24) is 15.2 Å². The van der Waals surface area contributed by atoms with Crippen molar-refractivity contribution in [2.45, 2.75) is 45.0 Å². The Morgan fingerprint density at radius 1 is 1.06 bits per heavy atom. The number of rotatable bonds is 6. The molecule has 10 heteroatoms. The normalized spacial score (nSPS) is 11.7. The van der Waals surface area contributed by atoms with Crippen LogP contribution in [0.15, 0.2) is 40.3 Å². The third kappa shape index (κ3) is 6.00. The Balaban J connectivity index is 1.83. The fraction of sp³-hybridized carbons (Fsp3) is 0.261. The second kappa shape index (κ2) is 10.2. The molecule has 0 aliphatic carbocycles. The molecule has 33 heavy (non-hydrogen) atoms. The largest absolute Gasteiger partial charge is 0.325 e. The van der Waals surface area contributed by atoms with Crippen LogP contribution in [0.1, 0.15) is 30.5 Å². The number of hydrogen-bond donors (Lipinski definition) is 3. The highest BCUT2D eigenvalue weighted by molar-refractivity contribution is 8.00. The molecule has 3 N–H and O–H groups in total. The Morgan fingerprint density at radius 3 is 2.45 bits per heavy atom. The monoisotopic (exact) mass is 485 g/mol. The average molecular weight is 486 g/mol. The predicted molar refractivity (Wildman–Crippen MR) is 132 cm³/mol. The number of anilines is 2. The van der Waals surface area contributed by atoms with Crippen LogP contribution in [0.4, 0.5) is 11.4 Å². The van der Waals surface area contributed by atoms with E-state index in [1.54, 1.807) is 25.1 Å². The van der Waals surface area contributed by atoms with E-state index in [0.29, 0.717) is 22.0 Å². The summed E-state index contributed by atoms with van der Waals surface area (Å²) in [4.78, 5) is 39.8. The molecule has 0 saturated heterocycles. The van der Waals surface area contributed by atoms with Crippen LogP contribution in [-0.2, 0) is 9.59 Å². The van der Waals surface area contributed by atoms with Crippen LogP contribution in [0.3, 0.4) is 0 Å². The number of halogens is 1. The first-order chi connectivity index (χ1) is 15.5. The van der Waals surface area contributed by atoms with Crippen molar-refractivity contribution in [1.29, 1.82) is 0 Å². The van der Waals surface area contributed by atoms with Crippen molar-refractivity contribution in [2.75, 3.05) is 10.6 Å². The number of thioether (sulfide) groups is 1. The molecule has 3 aromatic rings. The van der Waals surface area contributed by atoms with Crippen molar-refractivity contribution in [3.8, 4) is 11.3 Å². The Hall–Kier alpha value is -3.17. The van der Waals surface area contributed by atoms with E-state index < -0.39 is 10.8 Å². The van der Waals surface area contributed by atoms with Gasteiger partial charge in [0.05, 0.1) is 10.9 Å². The fourth-order valence-corrected chi connectivity index (χ4v) is 4.14. The molecule has 0 bridgehead atoms. The third-order valence-corrected chi connectivity index (χ3v) is 6.04. The van der Waals surface area contributed by atoms with Crippen LogP contribution in [0.2, 0.25) is 5.02 Å². The summed E-state index contributed by atoms with van der Waals surface area (Å²) in [5.74, 6) is -0.520. The molecule has 0 radical (unpaired) electrons. The molecule has 0 aliphatic rings. The van der Waals surface area contributed by atoms with Gasteiger partial charge in [-0.2, -0.15) is 0 Å². The molecule has 0 fully saturated rings. The number of H-pyrrole nitrogens is 1. The molecule has 1 atom stereocenters. The lowest BCUT2D eigenvalue weighted by Crippen LogP contribution is -2.24. The van der Waals surface area contributed by atoms with Gasteiger partial charge in [0.1, 0.15) is 0 Å². The second-order valence-electron chi connectivity index (χ2n) is 7.70. The third-order valence-electron chi connectivity index (χ3n) is 4.83. The number of benzene rings is 2. The molecule has 0 saturated carbocycles. The zero-order valence-corrected chi connectivity index (χ0v) is 20.4. The van der Waals surface area contributed by atoms with Gasteiger partial charge in [0, 0.05) is 23.2 Å². The minimum atomic E-state index is -0.560. The van der Waals surface area contributed by atoms with Gasteiger partial charge in [-0.05, 0) is 57.0 Å². The Morgan fingerprint density at radius 2 is 1.79 bits per heavy atom. The van der Waals surface area contributed by atoms with E-state index >= 15 is 0 Å². The average Bonchev–Trinajstić information content (AvgIpc) is 2.72. The minimum absolute atomic E-state index is 0.0848. The highest BCUT2D eigenvalue weighted by Gasteiger charge is 2.20. The first-order valence-corrected chi connectivity index (χ1v) is 11.4. The van der Waals surface area contributed by atoms with Gasteiger partial charge >= 0.3 is 0 Å². The van der Waals surface area contributed by atoms with Gasteiger partial charge < -0.3 is 10.6 Å². The summed E-state index contributed by atoms with van der Waals surface area (Å²) in [5.41, 5.74) is 3.83. The summed E-state index contributed by atoms with van der Waals surface area (Å²) < 4.78 is 0. The number of amides is 2. The first-order valence-electron chi connectivity index (χ1n) is 10.1. The van der Waals surface area contributed by atoms with Crippen molar-refractivity contribution in [3.63, 3.8) is 0 Å². The van der Waals surface area contributed by atoms with E-state index in [1.165, 1.54) is 6.92 Å². The van der Waals surface area contributed by atoms with E-state index in [2.05, 4.69) is 25.8 Å². The molecule has 0 aliphatic heterocycles. The molecular weight excluding hydrogens is 462 g/mol. The number of carbonyl (C=O) groups is 2. The predicted octanol–water partition coefficient (Wildman–Crippen LogP) is 4.49. The molecule has 0 spiro atoms. The van der Waals surface area contributed by atoms with Crippen molar-refractivity contribution < 1.29 is 9.59 Å². The summed E-state index contributed by atoms with van der Waals surface area (Å²) in [7, 11) is 0. The molecule has 3 rings (SSSR count). The van der Waals surface area contributed by atoms with E-state index in [0.717, 1.165) is 28.5 Å². The summed E-state index contributed by atoms with van der Waals surface area (Å²) in [6.45, 7) is 8.70. The van der Waals surface area contributed by atoms with Gasteiger partial charge in [-0.15, -0.1) is 10.2 Å². The highest BCUT2D eigenvalue weighted by Crippen LogP contribution is 2.30. The summed E-state index contributed by atoms with van der Waals surface area (Å²) >= 11 is 7.09. The number of carbonyl (C=O) groups excluding carboxylic acids is 2. The summed E-state index contributed by atoms with van der Waals surface area (Å²) in [6, 6.07) is 8.93. The highest BCUT2D eigenvalue weighted by atomic mass is 35.5. The molecule has 2 amide bonds. The van der Waals surface area contributed by atoms with Gasteiger partial charge in [0.2, 0.25) is 11.8 Å². The van der Waals surface area contributed by atoms with E-state index in [9.17, 15) is 14.4 Å². The number of hydrogen-bond acceptors (Lipinski definition) is 6. The number of nitrogens with zero attached hydrogens (tertiary/aromatic N) is 2. The lowest BCUT2D eigenvalue weighted by Gasteiger charge is -2.14. The molecule has 1 heterocycles. The SMILES string of the molecule is CC(=O)Nc1c(C)cc(C)cc1-c1nnc(S[C@@H](C)C(=O)Nc2cc(Cl)ccc2C)[nH]c1=O. The molecule has 172 valence electrons. The summed E-state index contributed by atoms with van der Waals surface area (Å²) in [6.07, 6.45) is 0. The lowest BCUT2D eigenvalue weighted by atomic mass is 10.0. The van der Waals surface area contributed by atoms with E-state index in [1.807, 2.05) is 32.9 Å². The first kappa shape index (κ1) is 24.5. The van der Waals surface area contributed by atoms with E-state index in [4.69, 9.17) is 11.6 Å². The van der Waals surface area contributed by atoms with Crippen LogP contribution in [0.25, 0.3) is 11.3 Å². The van der Waals surface area contributed by atoms with Crippen LogP contribution in [0.5, 0.6) is 0 Å². The Kier molecular flexibility index (Phi) is 7.55. The molecular formula is C23H24ClN5O3S. The fourth-order valence-electron chi connectivity index (χ4n) is 3.23. The number of aromatic amines is 1. The number of aryl methyl sites for hydroxylation is 3. The zero-order valence-electron chi connectivity index (χ0n) is 18.9. The minimum Gasteiger partial charge on any atom is -0.325 e. The maximum absolute atomic E-state index is 12.8. The van der Waals surface area contributed by atoms with Crippen LogP contribution < -0.4 is 16.2 Å². The number of aromatic nitrogens is 3. The van der Waals surface area contributed by atoms with E-state index in [-0.39, 0.29) is 22.7 Å². The maximum atomic E-state index is 12.8. The van der Waals surface area contributed by atoms with Gasteiger partial charge in [-0.25, -0.2) is 0 Å². The smallest absolute Gasteiger partial charge is 0.278 e. The van der Waals surface area contributed by atoms with Crippen LogP contribution in [0, 0.1) is 20.8 Å². The zero-order chi connectivity index (χ0) is 24.3. The maximum Gasteiger partial charge on any atom is 0.278 e. The molecule has 8 nitrogen and oxygen atoms in total. The van der Waals surface area contributed by atoms with Gasteiger partial charge in [-0.1, -0.05) is 41.1 Å². The summed E-state index contributed by atoms with van der Waals surface area (Å²) in [5, 5.41) is 14.0. The second-order valence-corrected chi connectivity index (χ2v) is 9.47. The Labute approximate surface area is 200 Å². The van der Waals surface area contributed by atoms with Gasteiger partial charge in [-0.3, -0.25) is 19.4 Å². The van der Waals surface area contributed by atoms with Crippen LogP contribution in [-0.4, -0.2) is 32.2 Å². The molecule has 1 aromatic heterocycles. The van der Waals surface area contributed by atoms with Gasteiger partial charge in [0.25, 0.3) is 5.56 Å². The lowest BCUT2D eigenvalue weighted by molar-refractivity contribution is -0.115. The molecule has 0 unspecified atom stereocenters. The standard InChI is InChI=1S/C23H24ClN5O3S/c1-11-8-13(3)19(25-15(5)30)17(9-11)20-22(32)27-23(29-28-20)33-14(4)21(31)26-18-10-16(24)7-6-12(18)2/h6-10,14H,1-5H3,(H,25,30)(H,26,31)(H,27,29,32)/t14-/m0/s1. The van der Waals surface area contributed by atoms with Crippen molar-refractivity contribution in [3.05, 3.63) is 62.4 Å². The topological polar surface area (TPSA) is 117 Å². The number of nitrogens with one attached hydrogen (secondary N) is 3. The van der Waals surface area contributed by atoms with Crippen LogP contribution >= 0.6 is 23.4 Å². The van der Waals surface area contributed by atoms with Gasteiger partial charge in [0.15, 0.2) is 10.9 Å². The van der Waals surface area contributed by atoms with Crippen molar-refractivity contribution in [2.24, 2.45) is 0 Å². The molecule has 2 aromatic carbocycles. The van der Waals surface area contributed by atoms with Crippen molar-refractivity contribution >= 4 is 46.6 Å². The Bertz CT molecular complexity index is 1290. The quantitative estimate of drug-likeness (QED) is 0.443.